The fourth-order valence-corrected chi connectivity index (χ4v) is 2.27. The second kappa shape index (κ2) is 4.08. The highest BCUT2D eigenvalue weighted by Crippen LogP contribution is 2.29. The third-order valence-corrected chi connectivity index (χ3v) is 2.88. The third kappa shape index (κ3) is 2.00. The molecular weight excluding hydrogens is 215 g/mol. The van der Waals surface area contributed by atoms with Crippen LogP contribution in [0.1, 0.15) is 16.7 Å². The minimum atomic E-state index is -0.290. The van der Waals surface area contributed by atoms with Crippen molar-refractivity contribution < 1.29 is 4.39 Å². The Bertz CT molecular complexity index is 352. The van der Waals surface area contributed by atoms with E-state index in [1.807, 2.05) is 13.8 Å². The lowest BCUT2D eigenvalue weighted by Crippen LogP contribution is -2.63. The largest absolute Gasteiger partial charge is 0.319 e. The Morgan fingerprint density at radius 1 is 1.27 bits per heavy atom. The molecular formula is C11H16ClFN2. The van der Waals surface area contributed by atoms with Crippen molar-refractivity contribution in [3.05, 3.63) is 34.6 Å². The van der Waals surface area contributed by atoms with Crippen molar-refractivity contribution in [1.82, 2.24) is 5.32 Å². The van der Waals surface area contributed by atoms with E-state index in [9.17, 15) is 4.39 Å². The van der Waals surface area contributed by atoms with Gasteiger partial charge in [-0.2, -0.15) is 0 Å². The summed E-state index contributed by atoms with van der Waals surface area (Å²) in [6, 6.07) is 3.10. The number of nitrogens with one attached hydrogen (secondary N) is 1. The predicted molar refractivity (Wildman–Crippen MR) is 61.9 cm³/mol. The Balaban J connectivity index is 0.00000112. The van der Waals surface area contributed by atoms with Gasteiger partial charge in [0.2, 0.25) is 0 Å². The first-order chi connectivity index (χ1) is 6.53. The SMILES string of the molecule is Cc1cc(F)cc(C)c1C1(N)CNC1.Cl. The van der Waals surface area contributed by atoms with Crippen molar-refractivity contribution in [3.63, 3.8) is 0 Å². The molecule has 2 rings (SSSR count). The second-order valence-electron chi connectivity index (χ2n) is 4.17. The summed E-state index contributed by atoms with van der Waals surface area (Å²) in [5, 5.41) is 3.15. The Labute approximate surface area is 95.5 Å². The van der Waals surface area contributed by atoms with Crippen LogP contribution in [0.2, 0.25) is 0 Å². The Morgan fingerprint density at radius 2 is 1.73 bits per heavy atom. The molecule has 1 fully saturated rings. The lowest BCUT2D eigenvalue weighted by Gasteiger charge is -2.41. The molecule has 15 heavy (non-hydrogen) atoms. The lowest BCUT2D eigenvalue weighted by atomic mass is 9.80. The fourth-order valence-electron chi connectivity index (χ4n) is 2.27. The number of hydrogen-bond donors (Lipinski definition) is 2. The van der Waals surface area contributed by atoms with E-state index in [2.05, 4.69) is 5.32 Å². The lowest BCUT2D eigenvalue weighted by molar-refractivity contribution is 0.284. The highest BCUT2D eigenvalue weighted by atomic mass is 35.5. The minimum absolute atomic E-state index is 0. The molecule has 1 saturated heterocycles. The molecule has 3 N–H and O–H groups in total. The topological polar surface area (TPSA) is 38.0 Å². The van der Waals surface area contributed by atoms with Crippen molar-refractivity contribution in [1.29, 1.82) is 0 Å². The van der Waals surface area contributed by atoms with Crippen LogP contribution in [0.15, 0.2) is 12.1 Å². The van der Waals surface area contributed by atoms with Crippen molar-refractivity contribution in [3.8, 4) is 0 Å². The molecule has 0 atom stereocenters. The molecule has 0 bridgehead atoms. The molecule has 1 heterocycles. The van der Waals surface area contributed by atoms with Crippen LogP contribution in [0.3, 0.4) is 0 Å². The second-order valence-corrected chi connectivity index (χ2v) is 4.17. The van der Waals surface area contributed by atoms with Gasteiger partial charge >= 0.3 is 0 Å². The molecule has 1 aliphatic heterocycles. The summed E-state index contributed by atoms with van der Waals surface area (Å²) >= 11 is 0. The number of nitrogens with two attached hydrogens (primary N) is 1. The van der Waals surface area contributed by atoms with Gasteiger partial charge in [0.05, 0.1) is 5.54 Å². The first kappa shape index (κ1) is 12.4. The molecule has 4 heteroatoms. The summed E-state index contributed by atoms with van der Waals surface area (Å²) in [5.41, 5.74) is 8.90. The van der Waals surface area contributed by atoms with Crippen molar-refractivity contribution in [2.75, 3.05) is 13.1 Å². The highest BCUT2D eigenvalue weighted by molar-refractivity contribution is 5.85. The molecule has 2 nitrogen and oxygen atoms in total. The molecule has 0 aliphatic carbocycles. The van der Waals surface area contributed by atoms with Crippen LogP contribution in [0, 0.1) is 19.7 Å². The minimum Gasteiger partial charge on any atom is -0.319 e. The summed E-state index contributed by atoms with van der Waals surface area (Å²) in [7, 11) is 0. The summed E-state index contributed by atoms with van der Waals surface area (Å²) in [6.07, 6.45) is 0. The highest BCUT2D eigenvalue weighted by Gasteiger charge is 2.36. The van der Waals surface area contributed by atoms with Crippen molar-refractivity contribution >= 4 is 12.4 Å². The van der Waals surface area contributed by atoms with E-state index in [4.69, 9.17) is 5.73 Å². The molecule has 0 saturated carbocycles. The maximum atomic E-state index is 13.1. The van der Waals surface area contributed by atoms with Crippen LogP contribution in [-0.2, 0) is 5.54 Å². The normalized spacial score (nSPS) is 17.9. The van der Waals surface area contributed by atoms with Crippen LogP contribution in [-0.4, -0.2) is 13.1 Å². The van der Waals surface area contributed by atoms with Gasteiger partial charge in [0.25, 0.3) is 0 Å². The van der Waals surface area contributed by atoms with Gasteiger partial charge in [-0.1, -0.05) is 0 Å². The number of benzene rings is 1. The van der Waals surface area contributed by atoms with E-state index in [0.29, 0.717) is 0 Å². The zero-order chi connectivity index (χ0) is 10.3. The number of hydrogen-bond acceptors (Lipinski definition) is 2. The zero-order valence-electron chi connectivity index (χ0n) is 8.93. The smallest absolute Gasteiger partial charge is 0.123 e. The Hall–Kier alpha value is -0.640. The van der Waals surface area contributed by atoms with E-state index < -0.39 is 0 Å². The van der Waals surface area contributed by atoms with Gasteiger partial charge in [-0.3, -0.25) is 0 Å². The van der Waals surface area contributed by atoms with Crippen molar-refractivity contribution in [2.45, 2.75) is 19.4 Å². The van der Waals surface area contributed by atoms with E-state index in [-0.39, 0.29) is 23.8 Å². The van der Waals surface area contributed by atoms with Gasteiger partial charge in [-0.25, -0.2) is 4.39 Å². The number of halogens is 2. The third-order valence-electron chi connectivity index (χ3n) is 2.88. The van der Waals surface area contributed by atoms with Gasteiger partial charge in [0, 0.05) is 13.1 Å². The molecule has 0 aromatic heterocycles. The Kier molecular flexibility index (Phi) is 3.38. The quantitative estimate of drug-likeness (QED) is 0.770. The van der Waals surface area contributed by atoms with Crippen LogP contribution in [0.25, 0.3) is 0 Å². The average Bonchev–Trinajstić information content (AvgIpc) is 1.99. The first-order valence-corrected chi connectivity index (χ1v) is 4.80. The van der Waals surface area contributed by atoms with Gasteiger partial charge in [-0.15, -0.1) is 12.4 Å². The summed E-state index contributed by atoms with van der Waals surface area (Å²) in [5.74, 6) is -0.181. The standard InChI is InChI=1S/C11H15FN2.ClH/c1-7-3-9(12)4-8(2)10(7)11(13)5-14-6-11;/h3-4,14H,5-6,13H2,1-2H3;1H. The molecule has 1 aliphatic rings. The maximum Gasteiger partial charge on any atom is 0.123 e. The molecule has 0 radical (unpaired) electrons. The molecule has 0 amide bonds. The molecule has 0 spiro atoms. The van der Waals surface area contributed by atoms with Crippen LogP contribution in [0.5, 0.6) is 0 Å². The van der Waals surface area contributed by atoms with Gasteiger partial charge in [-0.05, 0) is 42.7 Å². The van der Waals surface area contributed by atoms with Gasteiger partial charge in [0.15, 0.2) is 0 Å². The number of rotatable bonds is 1. The van der Waals surface area contributed by atoms with Gasteiger partial charge < -0.3 is 11.1 Å². The number of aryl methyl sites for hydroxylation is 2. The summed E-state index contributed by atoms with van der Waals surface area (Å²) in [4.78, 5) is 0. The molecule has 1 aromatic carbocycles. The van der Waals surface area contributed by atoms with Gasteiger partial charge in [0.1, 0.15) is 5.82 Å². The summed E-state index contributed by atoms with van der Waals surface area (Å²) < 4.78 is 13.1. The maximum absolute atomic E-state index is 13.1. The van der Waals surface area contributed by atoms with Crippen LogP contribution in [0.4, 0.5) is 4.39 Å². The van der Waals surface area contributed by atoms with E-state index in [0.717, 1.165) is 29.8 Å². The zero-order valence-corrected chi connectivity index (χ0v) is 9.75. The van der Waals surface area contributed by atoms with E-state index in [1.165, 1.54) is 0 Å². The van der Waals surface area contributed by atoms with Crippen LogP contribution < -0.4 is 11.1 Å². The molecule has 1 aromatic rings. The van der Waals surface area contributed by atoms with Crippen LogP contribution >= 0.6 is 12.4 Å². The molecule has 84 valence electrons. The Morgan fingerprint density at radius 3 is 2.07 bits per heavy atom. The summed E-state index contributed by atoms with van der Waals surface area (Å²) in [6.45, 7) is 5.39. The monoisotopic (exact) mass is 230 g/mol. The fraction of sp³-hybridized carbons (Fsp3) is 0.455. The average molecular weight is 231 g/mol. The van der Waals surface area contributed by atoms with Crippen molar-refractivity contribution in [2.24, 2.45) is 5.73 Å². The molecule has 0 unspecified atom stereocenters. The predicted octanol–water partition coefficient (Wildman–Crippen LogP) is 1.62. The van der Waals surface area contributed by atoms with E-state index in [1.54, 1.807) is 12.1 Å². The first-order valence-electron chi connectivity index (χ1n) is 4.80. The van der Waals surface area contributed by atoms with E-state index >= 15 is 0 Å².